The second-order valence-corrected chi connectivity index (χ2v) is 7.74. The predicted molar refractivity (Wildman–Crippen MR) is 122 cm³/mol. The summed E-state index contributed by atoms with van der Waals surface area (Å²) in [6, 6.07) is 22.5. The van der Waals surface area contributed by atoms with Crippen molar-refractivity contribution >= 4 is 22.6 Å². The van der Waals surface area contributed by atoms with Gasteiger partial charge in [-0.1, -0.05) is 66.7 Å². The Balaban J connectivity index is 1.79. The molecule has 0 aliphatic rings. The highest BCUT2D eigenvalue weighted by atomic mass is 19.1. The number of aliphatic carboxylic acids is 1. The van der Waals surface area contributed by atoms with Crippen LogP contribution < -0.4 is 0 Å². The summed E-state index contributed by atoms with van der Waals surface area (Å²) in [6.45, 7) is -0.0470. The smallest absolute Gasteiger partial charge is 0.326 e. The van der Waals surface area contributed by atoms with Crippen molar-refractivity contribution in [2.45, 2.75) is 19.0 Å². The summed E-state index contributed by atoms with van der Waals surface area (Å²) in [5, 5.41) is 10.7. The molecule has 4 aromatic rings. The second kappa shape index (κ2) is 9.61. The minimum atomic E-state index is -1.19. The fourth-order valence-electron chi connectivity index (χ4n) is 3.88. The first-order chi connectivity index (χ1) is 15.9. The molecule has 1 atom stereocenters. The molecule has 0 aromatic heterocycles. The number of hydrogen-bond acceptors (Lipinski definition) is 2. The molecule has 1 amide bonds. The molecule has 0 aliphatic heterocycles. The van der Waals surface area contributed by atoms with Crippen LogP contribution in [0.3, 0.4) is 0 Å². The molecule has 0 heterocycles. The van der Waals surface area contributed by atoms with E-state index < -0.39 is 29.6 Å². The number of hydrogen-bond donors (Lipinski definition) is 1. The number of halogens is 2. The SMILES string of the molecule is O=C(O)C(Cc1ccccc1)N(Cc1ccc(F)cc1)C(=O)c1ccc(F)c2ccccc12. The van der Waals surface area contributed by atoms with Gasteiger partial charge in [0, 0.05) is 23.9 Å². The first kappa shape index (κ1) is 22.1. The number of carboxylic acid groups (broad SMARTS) is 1. The Morgan fingerprint density at radius 3 is 2.06 bits per heavy atom. The van der Waals surface area contributed by atoms with Crippen molar-refractivity contribution in [2.75, 3.05) is 0 Å². The minimum absolute atomic E-state index is 0.0470. The van der Waals surface area contributed by atoms with E-state index >= 15 is 0 Å². The molecule has 4 nitrogen and oxygen atoms in total. The monoisotopic (exact) mass is 445 g/mol. The summed E-state index contributed by atoms with van der Waals surface area (Å²) in [5.41, 5.74) is 1.54. The molecule has 0 saturated heterocycles. The standard InChI is InChI=1S/C27H21F2NO3/c28-20-12-10-19(11-13-20)17-30(25(27(32)33)16-18-6-2-1-3-7-18)26(31)23-14-15-24(29)22-9-5-4-8-21(22)23/h1-15,25H,16-17H2,(H,32,33). The van der Waals surface area contributed by atoms with Gasteiger partial charge in [-0.15, -0.1) is 0 Å². The van der Waals surface area contributed by atoms with Crippen LogP contribution in [-0.4, -0.2) is 27.9 Å². The summed E-state index contributed by atoms with van der Waals surface area (Å²) in [6.07, 6.45) is 0.0856. The Kier molecular flexibility index (Phi) is 6.45. The Bertz CT molecular complexity index is 1290. The molecule has 33 heavy (non-hydrogen) atoms. The summed E-state index contributed by atoms with van der Waals surface area (Å²) >= 11 is 0. The molecule has 1 unspecified atom stereocenters. The summed E-state index contributed by atoms with van der Waals surface area (Å²) < 4.78 is 27.8. The zero-order chi connectivity index (χ0) is 23.4. The number of benzene rings is 4. The largest absolute Gasteiger partial charge is 0.480 e. The predicted octanol–water partition coefficient (Wildman–Crippen LogP) is 5.46. The molecule has 166 valence electrons. The van der Waals surface area contributed by atoms with E-state index in [1.807, 2.05) is 6.07 Å². The molecule has 0 radical (unpaired) electrons. The van der Waals surface area contributed by atoms with Crippen LogP contribution in [0.1, 0.15) is 21.5 Å². The van der Waals surface area contributed by atoms with Gasteiger partial charge in [0.15, 0.2) is 0 Å². The van der Waals surface area contributed by atoms with Gasteiger partial charge in [-0.25, -0.2) is 13.6 Å². The van der Waals surface area contributed by atoms with Crippen LogP contribution in [-0.2, 0) is 17.8 Å². The van der Waals surface area contributed by atoms with E-state index in [1.165, 1.54) is 41.3 Å². The van der Waals surface area contributed by atoms with Gasteiger partial charge in [0.25, 0.3) is 5.91 Å². The van der Waals surface area contributed by atoms with Gasteiger partial charge in [0.05, 0.1) is 0 Å². The Labute approximate surface area is 189 Å². The van der Waals surface area contributed by atoms with Crippen LogP contribution in [0.5, 0.6) is 0 Å². The molecule has 0 spiro atoms. The van der Waals surface area contributed by atoms with Crippen LogP contribution in [0.15, 0.2) is 91.0 Å². The van der Waals surface area contributed by atoms with Crippen molar-refractivity contribution < 1.29 is 23.5 Å². The molecule has 0 fully saturated rings. The quantitative estimate of drug-likeness (QED) is 0.411. The molecule has 6 heteroatoms. The molecular weight excluding hydrogens is 424 g/mol. The van der Waals surface area contributed by atoms with Crippen LogP contribution in [0.2, 0.25) is 0 Å². The zero-order valence-corrected chi connectivity index (χ0v) is 17.6. The fraction of sp³-hybridized carbons (Fsp3) is 0.111. The highest BCUT2D eigenvalue weighted by Crippen LogP contribution is 2.25. The molecule has 4 aromatic carbocycles. The van der Waals surface area contributed by atoms with E-state index in [0.29, 0.717) is 10.9 Å². The molecule has 0 aliphatic carbocycles. The van der Waals surface area contributed by atoms with Crippen molar-refractivity contribution in [2.24, 2.45) is 0 Å². The molecule has 1 N–H and O–H groups in total. The Morgan fingerprint density at radius 2 is 1.39 bits per heavy atom. The number of carbonyl (C=O) groups is 2. The normalized spacial score (nSPS) is 11.8. The topological polar surface area (TPSA) is 57.6 Å². The lowest BCUT2D eigenvalue weighted by Crippen LogP contribution is -2.46. The van der Waals surface area contributed by atoms with E-state index in [1.54, 1.807) is 48.5 Å². The fourth-order valence-corrected chi connectivity index (χ4v) is 3.88. The van der Waals surface area contributed by atoms with Crippen molar-refractivity contribution in [3.8, 4) is 0 Å². The Morgan fingerprint density at radius 1 is 0.758 bits per heavy atom. The Hall–Kier alpha value is -4.06. The second-order valence-electron chi connectivity index (χ2n) is 7.74. The maximum absolute atomic E-state index is 14.3. The summed E-state index contributed by atoms with van der Waals surface area (Å²) in [5.74, 6) is -2.61. The van der Waals surface area contributed by atoms with Gasteiger partial charge < -0.3 is 10.0 Å². The maximum atomic E-state index is 14.3. The van der Waals surface area contributed by atoms with E-state index in [4.69, 9.17) is 0 Å². The van der Waals surface area contributed by atoms with Gasteiger partial charge in [-0.2, -0.15) is 0 Å². The lowest BCUT2D eigenvalue weighted by molar-refractivity contribution is -0.142. The van der Waals surface area contributed by atoms with Crippen LogP contribution in [0, 0.1) is 11.6 Å². The molecular formula is C27H21F2NO3. The summed E-state index contributed by atoms with van der Waals surface area (Å²) in [4.78, 5) is 27.3. The first-order valence-electron chi connectivity index (χ1n) is 10.4. The molecule has 4 rings (SSSR count). The zero-order valence-electron chi connectivity index (χ0n) is 17.6. The van der Waals surface area contributed by atoms with Crippen LogP contribution >= 0.6 is 0 Å². The number of fused-ring (bicyclic) bond motifs is 1. The highest BCUT2D eigenvalue weighted by molar-refractivity contribution is 6.08. The average Bonchev–Trinajstić information content (AvgIpc) is 2.83. The molecule has 0 saturated carbocycles. The third kappa shape index (κ3) is 4.90. The van der Waals surface area contributed by atoms with Crippen molar-refractivity contribution in [1.29, 1.82) is 0 Å². The third-order valence-electron chi connectivity index (χ3n) is 5.56. The first-order valence-corrected chi connectivity index (χ1v) is 10.4. The highest BCUT2D eigenvalue weighted by Gasteiger charge is 2.31. The molecule has 0 bridgehead atoms. The van der Waals surface area contributed by atoms with Crippen LogP contribution in [0.25, 0.3) is 10.8 Å². The number of carbonyl (C=O) groups excluding carboxylic acids is 1. The van der Waals surface area contributed by atoms with E-state index in [-0.39, 0.29) is 23.9 Å². The lowest BCUT2D eigenvalue weighted by atomic mass is 9.99. The van der Waals surface area contributed by atoms with Crippen molar-refractivity contribution in [3.63, 3.8) is 0 Å². The van der Waals surface area contributed by atoms with E-state index in [9.17, 15) is 23.5 Å². The number of nitrogens with zero attached hydrogens (tertiary/aromatic N) is 1. The van der Waals surface area contributed by atoms with Gasteiger partial charge >= 0.3 is 5.97 Å². The van der Waals surface area contributed by atoms with Gasteiger partial charge in [0.2, 0.25) is 0 Å². The van der Waals surface area contributed by atoms with E-state index in [0.717, 1.165) is 5.56 Å². The summed E-state index contributed by atoms with van der Waals surface area (Å²) in [7, 11) is 0. The van der Waals surface area contributed by atoms with Crippen molar-refractivity contribution in [1.82, 2.24) is 4.90 Å². The van der Waals surface area contributed by atoms with E-state index in [2.05, 4.69) is 0 Å². The number of carboxylic acids is 1. The van der Waals surface area contributed by atoms with Gasteiger partial charge in [0.1, 0.15) is 17.7 Å². The third-order valence-corrected chi connectivity index (χ3v) is 5.56. The van der Waals surface area contributed by atoms with Gasteiger partial charge in [-0.3, -0.25) is 4.79 Å². The van der Waals surface area contributed by atoms with Crippen LogP contribution in [0.4, 0.5) is 8.78 Å². The number of rotatable bonds is 7. The lowest BCUT2D eigenvalue weighted by Gasteiger charge is -2.30. The van der Waals surface area contributed by atoms with Gasteiger partial charge in [-0.05, 0) is 40.8 Å². The minimum Gasteiger partial charge on any atom is -0.480 e. The number of amides is 1. The average molecular weight is 445 g/mol. The van der Waals surface area contributed by atoms with Crippen molar-refractivity contribution in [3.05, 3.63) is 119 Å². The maximum Gasteiger partial charge on any atom is 0.326 e.